The van der Waals surface area contributed by atoms with Crippen molar-refractivity contribution in [3.05, 3.63) is 66.6 Å². The number of likely N-dealkylation sites (tertiary alicyclic amines) is 1. The smallest absolute Gasteiger partial charge is 0.302 e. The molecule has 34 heavy (non-hydrogen) atoms. The zero-order chi connectivity index (χ0) is 23.5. The van der Waals surface area contributed by atoms with Gasteiger partial charge in [0.05, 0.1) is 7.11 Å². The van der Waals surface area contributed by atoms with Crippen molar-refractivity contribution in [1.29, 1.82) is 0 Å². The van der Waals surface area contributed by atoms with Gasteiger partial charge in [-0.05, 0) is 42.6 Å². The highest BCUT2D eigenvalue weighted by Crippen LogP contribution is 2.31. The molecule has 1 fully saturated rings. The van der Waals surface area contributed by atoms with E-state index in [0.717, 1.165) is 65.8 Å². The lowest BCUT2D eigenvalue weighted by Gasteiger charge is -2.32. The molecule has 0 bridgehead atoms. The standard InChI is InChI=1S/C27H28N4O3/c1-18(32)34-23-4-3-11-31(17-23)16-19-5-7-20(8-6-19)22-12-24-25(15-30-27(24)29-14-22)21-9-10-26(33-2)28-13-21/h5-10,12-15,23H,3-4,11,16-17H2,1-2H3,(H,29,30). The van der Waals surface area contributed by atoms with Crippen molar-refractivity contribution in [2.24, 2.45) is 0 Å². The van der Waals surface area contributed by atoms with Crippen LogP contribution in [0.2, 0.25) is 0 Å². The number of carbonyl (C=O) groups is 1. The average Bonchev–Trinajstić information content (AvgIpc) is 3.28. The number of esters is 1. The molecule has 1 atom stereocenters. The topological polar surface area (TPSA) is 80.3 Å². The third-order valence-corrected chi connectivity index (χ3v) is 6.28. The van der Waals surface area contributed by atoms with Gasteiger partial charge >= 0.3 is 5.97 Å². The zero-order valence-corrected chi connectivity index (χ0v) is 19.5. The predicted octanol–water partition coefficient (Wildman–Crippen LogP) is 4.83. The van der Waals surface area contributed by atoms with E-state index in [1.807, 2.05) is 30.7 Å². The minimum Gasteiger partial charge on any atom is -0.481 e. The van der Waals surface area contributed by atoms with Crippen LogP contribution in [0.5, 0.6) is 5.88 Å². The van der Waals surface area contributed by atoms with Crippen LogP contribution in [0.15, 0.2) is 61.1 Å². The van der Waals surface area contributed by atoms with E-state index in [9.17, 15) is 4.79 Å². The molecule has 1 N–H and O–H groups in total. The van der Waals surface area contributed by atoms with Gasteiger partial charge in [-0.1, -0.05) is 24.3 Å². The van der Waals surface area contributed by atoms with Gasteiger partial charge in [0.25, 0.3) is 0 Å². The Morgan fingerprint density at radius 3 is 2.62 bits per heavy atom. The summed E-state index contributed by atoms with van der Waals surface area (Å²) in [7, 11) is 1.61. The van der Waals surface area contributed by atoms with Crippen LogP contribution >= 0.6 is 0 Å². The van der Waals surface area contributed by atoms with E-state index in [1.165, 1.54) is 12.5 Å². The molecule has 7 nitrogen and oxygen atoms in total. The van der Waals surface area contributed by atoms with Crippen LogP contribution in [-0.4, -0.2) is 52.1 Å². The molecule has 5 rings (SSSR count). The molecule has 0 radical (unpaired) electrons. The lowest BCUT2D eigenvalue weighted by Crippen LogP contribution is -2.39. The summed E-state index contributed by atoms with van der Waals surface area (Å²) in [5.74, 6) is 0.393. The number of ether oxygens (including phenoxy) is 2. The molecule has 1 aliphatic rings. The second-order valence-electron chi connectivity index (χ2n) is 8.72. The molecule has 1 aromatic carbocycles. The van der Waals surface area contributed by atoms with Crippen LogP contribution in [0, 0.1) is 0 Å². The molecule has 174 valence electrons. The molecule has 7 heteroatoms. The molecule has 4 aromatic rings. The number of fused-ring (bicyclic) bond motifs is 1. The Morgan fingerprint density at radius 2 is 1.88 bits per heavy atom. The first-order chi connectivity index (χ1) is 16.6. The number of H-pyrrole nitrogens is 1. The van der Waals surface area contributed by atoms with Crippen molar-refractivity contribution in [2.75, 3.05) is 20.2 Å². The molecule has 0 spiro atoms. The molecule has 1 aliphatic heterocycles. The quantitative estimate of drug-likeness (QED) is 0.419. The number of aromatic amines is 1. The van der Waals surface area contributed by atoms with E-state index in [-0.39, 0.29) is 12.1 Å². The highest BCUT2D eigenvalue weighted by atomic mass is 16.5. The van der Waals surface area contributed by atoms with Gasteiger partial charge in [-0.25, -0.2) is 9.97 Å². The number of nitrogens with one attached hydrogen (secondary N) is 1. The summed E-state index contributed by atoms with van der Waals surface area (Å²) in [4.78, 5) is 25.9. The average molecular weight is 457 g/mol. The van der Waals surface area contributed by atoms with E-state index in [0.29, 0.717) is 5.88 Å². The Bertz CT molecular complexity index is 1280. The number of methoxy groups -OCH3 is 1. The SMILES string of the molecule is COc1ccc(-c2c[nH]c3ncc(-c4ccc(CN5CCCC(OC(C)=O)C5)cc4)cc23)cn1. The van der Waals surface area contributed by atoms with Crippen LogP contribution in [0.4, 0.5) is 0 Å². The fourth-order valence-corrected chi connectivity index (χ4v) is 4.61. The Hall–Kier alpha value is -3.71. The summed E-state index contributed by atoms with van der Waals surface area (Å²) in [5.41, 5.74) is 6.34. The molecule has 0 saturated carbocycles. The normalized spacial score (nSPS) is 16.5. The summed E-state index contributed by atoms with van der Waals surface area (Å²) < 4.78 is 10.6. The number of benzene rings is 1. The lowest BCUT2D eigenvalue weighted by atomic mass is 10.0. The number of aromatic nitrogens is 3. The van der Waals surface area contributed by atoms with Crippen LogP contribution in [-0.2, 0) is 16.1 Å². The third-order valence-electron chi connectivity index (χ3n) is 6.28. The van der Waals surface area contributed by atoms with Crippen molar-refractivity contribution in [1.82, 2.24) is 19.9 Å². The molecular formula is C27H28N4O3. The van der Waals surface area contributed by atoms with Crippen molar-refractivity contribution >= 4 is 17.0 Å². The van der Waals surface area contributed by atoms with Gasteiger partial charge in [-0.15, -0.1) is 0 Å². The highest BCUT2D eigenvalue weighted by Gasteiger charge is 2.22. The number of rotatable bonds is 6. The highest BCUT2D eigenvalue weighted by molar-refractivity contribution is 5.95. The summed E-state index contributed by atoms with van der Waals surface area (Å²) in [6.45, 7) is 4.14. The number of nitrogens with zero attached hydrogens (tertiary/aromatic N) is 3. The zero-order valence-electron chi connectivity index (χ0n) is 19.5. The molecule has 3 aromatic heterocycles. The molecule has 1 saturated heterocycles. The van der Waals surface area contributed by atoms with Crippen LogP contribution in [0.3, 0.4) is 0 Å². The van der Waals surface area contributed by atoms with Gasteiger partial charge in [0.1, 0.15) is 11.8 Å². The third kappa shape index (κ3) is 4.79. The fraction of sp³-hybridized carbons (Fsp3) is 0.296. The Morgan fingerprint density at radius 1 is 1.09 bits per heavy atom. The molecule has 0 amide bonds. The first-order valence-electron chi connectivity index (χ1n) is 11.6. The first-order valence-corrected chi connectivity index (χ1v) is 11.6. The summed E-state index contributed by atoms with van der Waals surface area (Å²) >= 11 is 0. The number of pyridine rings is 2. The Balaban J connectivity index is 1.33. The van der Waals surface area contributed by atoms with E-state index >= 15 is 0 Å². The van der Waals surface area contributed by atoms with Gasteiger partial charge in [0.15, 0.2) is 0 Å². The van der Waals surface area contributed by atoms with Crippen molar-refractivity contribution in [3.63, 3.8) is 0 Å². The van der Waals surface area contributed by atoms with E-state index in [2.05, 4.69) is 50.2 Å². The number of hydrogen-bond donors (Lipinski definition) is 1. The molecule has 4 heterocycles. The monoisotopic (exact) mass is 456 g/mol. The number of carbonyl (C=O) groups excluding carboxylic acids is 1. The number of piperidine rings is 1. The van der Waals surface area contributed by atoms with Crippen molar-refractivity contribution in [2.45, 2.75) is 32.4 Å². The second kappa shape index (κ2) is 9.65. The first kappa shape index (κ1) is 22.1. The second-order valence-corrected chi connectivity index (χ2v) is 8.72. The van der Waals surface area contributed by atoms with Crippen LogP contribution in [0.25, 0.3) is 33.3 Å². The van der Waals surface area contributed by atoms with E-state index < -0.39 is 0 Å². The molecule has 0 aliphatic carbocycles. The maximum atomic E-state index is 11.3. The minimum absolute atomic E-state index is 0.000210. The molecule has 1 unspecified atom stereocenters. The van der Waals surface area contributed by atoms with Crippen LogP contribution < -0.4 is 4.74 Å². The van der Waals surface area contributed by atoms with Crippen molar-refractivity contribution in [3.8, 4) is 28.1 Å². The van der Waals surface area contributed by atoms with Crippen LogP contribution in [0.1, 0.15) is 25.3 Å². The molecular weight excluding hydrogens is 428 g/mol. The summed E-state index contributed by atoms with van der Waals surface area (Å²) in [5, 5.41) is 1.05. The van der Waals surface area contributed by atoms with E-state index in [1.54, 1.807) is 7.11 Å². The Labute approximate surface area is 198 Å². The van der Waals surface area contributed by atoms with Gasteiger partial charge in [0, 0.05) is 66.7 Å². The Kier molecular flexibility index (Phi) is 6.27. The van der Waals surface area contributed by atoms with E-state index in [4.69, 9.17) is 9.47 Å². The lowest BCUT2D eigenvalue weighted by molar-refractivity contribution is -0.148. The largest absolute Gasteiger partial charge is 0.481 e. The maximum Gasteiger partial charge on any atom is 0.302 e. The van der Waals surface area contributed by atoms with Crippen molar-refractivity contribution < 1.29 is 14.3 Å². The van der Waals surface area contributed by atoms with Gasteiger partial charge in [-0.3, -0.25) is 9.69 Å². The summed E-state index contributed by atoms with van der Waals surface area (Å²) in [6, 6.07) is 14.7. The van der Waals surface area contributed by atoms with Gasteiger partial charge in [-0.2, -0.15) is 0 Å². The maximum absolute atomic E-state index is 11.3. The van der Waals surface area contributed by atoms with Gasteiger partial charge in [0.2, 0.25) is 5.88 Å². The summed E-state index contributed by atoms with van der Waals surface area (Å²) in [6.07, 6.45) is 7.67. The number of hydrogen-bond acceptors (Lipinski definition) is 6. The predicted molar refractivity (Wildman–Crippen MR) is 131 cm³/mol. The fourth-order valence-electron chi connectivity index (χ4n) is 4.61. The van der Waals surface area contributed by atoms with Gasteiger partial charge < -0.3 is 14.5 Å². The minimum atomic E-state index is -0.199.